The van der Waals surface area contributed by atoms with Crippen LogP contribution in [0.25, 0.3) is 0 Å². The first kappa shape index (κ1) is 11.2. The fourth-order valence-electron chi connectivity index (χ4n) is 1.18. The maximum atomic E-state index is 5.17. The molecule has 0 aliphatic carbocycles. The van der Waals surface area contributed by atoms with Gasteiger partial charge in [0.25, 0.3) is 0 Å². The van der Waals surface area contributed by atoms with Gasteiger partial charge in [0.1, 0.15) is 0 Å². The zero-order valence-corrected chi connectivity index (χ0v) is 9.80. The van der Waals surface area contributed by atoms with Crippen LogP contribution in [0.4, 0.5) is 0 Å². The molecule has 0 fully saturated rings. The molecule has 1 aromatic carbocycles. The molecule has 0 N–H and O–H groups in total. The van der Waals surface area contributed by atoms with Gasteiger partial charge in [0.15, 0.2) is 0 Å². The van der Waals surface area contributed by atoms with Crippen molar-refractivity contribution in [2.24, 2.45) is 0 Å². The van der Waals surface area contributed by atoms with Crippen LogP contribution in [0.3, 0.4) is 0 Å². The summed E-state index contributed by atoms with van der Waals surface area (Å²) in [4.78, 5) is 0. The SMILES string of the molecule is CO[SiH](C=CCc1ccccc1)OC. The molecule has 0 aliphatic rings. The summed E-state index contributed by atoms with van der Waals surface area (Å²) in [6, 6.07) is 10.3. The van der Waals surface area contributed by atoms with Gasteiger partial charge in [0.2, 0.25) is 0 Å². The Bertz CT molecular complexity index is 268. The number of hydrogen-bond acceptors (Lipinski definition) is 2. The molecule has 3 heteroatoms. The third kappa shape index (κ3) is 3.87. The van der Waals surface area contributed by atoms with Gasteiger partial charge in [-0.3, -0.25) is 0 Å². The highest BCUT2D eigenvalue weighted by molar-refractivity contribution is 6.50. The zero-order chi connectivity index (χ0) is 10.2. The molecule has 0 saturated heterocycles. The number of rotatable bonds is 5. The second-order valence-electron chi connectivity index (χ2n) is 2.96. The molecule has 2 nitrogen and oxygen atoms in total. The summed E-state index contributed by atoms with van der Waals surface area (Å²) < 4.78 is 10.3. The summed E-state index contributed by atoms with van der Waals surface area (Å²) in [5.74, 6) is 0. The van der Waals surface area contributed by atoms with Crippen molar-refractivity contribution in [2.75, 3.05) is 14.2 Å². The minimum Gasteiger partial charge on any atom is -0.397 e. The predicted octanol–water partition coefficient (Wildman–Crippen LogP) is 1.84. The molecule has 0 unspecified atom stereocenters. The van der Waals surface area contributed by atoms with Crippen LogP contribution in [-0.2, 0) is 15.3 Å². The van der Waals surface area contributed by atoms with Crippen molar-refractivity contribution in [3.8, 4) is 0 Å². The van der Waals surface area contributed by atoms with Crippen molar-refractivity contribution in [1.82, 2.24) is 0 Å². The average molecular weight is 208 g/mol. The second-order valence-corrected chi connectivity index (χ2v) is 5.02. The molecule has 1 aromatic rings. The molecule has 0 aliphatic heterocycles. The Kier molecular flexibility index (Phi) is 5.22. The van der Waals surface area contributed by atoms with E-state index < -0.39 is 9.28 Å². The Labute approximate surface area is 87.0 Å². The third-order valence-corrected chi connectivity index (χ3v) is 3.47. The Morgan fingerprint density at radius 1 is 1.14 bits per heavy atom. The van der Waals surface area contributed by atoms with Crippen molar-refractivity contribution in [3.63, 3.8) is 0 Å². The van der Waals surface area contributed by atoms with E-state index in [-0.39, 0.29) is 0 Å². The predicted molar refractivity (Wildman–Crippen MR) is 60.5 cm³/mol. The van der Waals surface area contributed by atoms with Crippen molar-refractivity contribution in [3.05, 3.63) is 47.7 Å². The summed E-state index contributed by atoms with van der Waals surface area (Å²) in [7, 11) is 1.86. The van der Waals surface area contributed by atoms with E-state index in [1.165, 1.54) is 5.56 Å². The first-order valence-electron chi connectivity index (χ1n) is 4.63. The maximum absolute atomic E-state index is 5.17. The fourth-order valence-corrected chi connectivity index (χ4v) is 2.05. The average Bonchev–Trinajstić information content (AvgIpc) is 2.26. The van der Waals surface area contributed by atoms with Gasteiger partial charge in [0, 0.05) is 14.2 Å². The van der Waals surface area contributed by atoms with E-state index in [2.05, 4.69) is 18.2 Å². The van der Waals surface area contributed by atoms with Gasteiger partial charge in [-0.05, 0) is 17.7 Å². The molecule has 1 rings (SSSR count). The Balaban J connectivity index is 2.40. The minimum atomic E-state index is -1.51. The van der Waals surface area contributed by atoms with Crippen LogP contribution in [0.15, 0.2) is 42.1 Å². The Morgan fingerprint density at radius 2 is 1.79 bits per heavy atom. The van der Waals surface area contributed by atoms with Gasteiger partial charge < -0.3 is 8.85 Å². The summed E-state index contributed by atoms with van der Waals surface area (Å²) in [5, 5.41) is 0. The van der Waals surface area contributed by atoms with Gasteiger partial charge in [-0.25, -0.2) is 0 Å². The van der Waals surface area contributed by atoms with Crippen LogP contribution in [-0.4, -0.2) is 23.5 Å². The maximum Gasteiger partial charge on any atom is 0.347 e. The second kappa shape index (κ2) is 6.54. The molecule has 14 heavy (non-hydrogen) atoms. The van der Waals surface area contributed by atoms with E-state index in [0.717, 1.165) is 6.42 Å². The molecule has 0 heterocycles. The van der Waals surface area contributed by atoms with E-state index in [1.54, 1.807) is 14.2 Å². The molecule has 0 saturated carbocycles. The summed E-state index contributed by atoms with van der Waals surface area (Å²) in [6.07, 6.45) is 3.05. The first-order valence-corrected chi connectivity index (χ1v) is 6.24. The highest BCUT2D eigenvalue weighted by Crippen LogP contribution is 2.00. The van der Waals surface area contributed by atoms with E-state index in [4.69, 9.17) is 8.85 Å². The lowest BCUT2D eigenvalue weighted by Crippen LogP contribution is -2.15. The molecule has 0 radical (unpaired) electrons. The standard InChI is InChI=1S/C11H16O2Si/c1-12-14(13-2)10-6-9-11-7-4-3-5-8-11/h3-8,10,14H,9H2,1-2H3. The van der Waals surface area contributed by atoms with Gasteiger partial charge >= 0.3 is 9.28 Å². The lowest BCUT2D eigenvalue weighted by atomic mass is 10.2. The van der Waals surface area contributed by atoms with E-state index in [0.29, 0.717) is 0 Å². The van der Waals surface area contributed by atoms with Crippen LogP contribution >= 0.6 is 0 Å². The number of allylic oxidation sites excluding steroid dienone is 1. The van der Waals surface area contributed by atoms with Crippen LogP contribution < -0.4 is 0 Å². The fraction of sp³-hybridized carbons (Fsp3) is 0.273. The lowest BCUT2D eigenvalue weighted by Gasteiger charge is -2.04. The van der Waals surface area contributed by atoms with Crippen molar-refractivity contribution >= 4 is 9.28 Å². The molecule has 0 spiro atoms. The third-order valence-electron chi connectivity index (χ3n) is 1.95. The highest BCUT2D eigenvalue weighted by Gasteiger charge is 2.01. The summed E-state index contributed by atoms with van der Waals surface area (Å²) >= 11 is 0. The minimum absolute atomic E-state index is 0.942. The highest BCUT2D eigenvalue weighted by atomic mass is 28.3. The van der Waals surface area contributed by atoms with Crippen molar-refractivity contribution < 1.29 is 8.85 Å². The van der Waals surface area contributed by atoms with E-state index in [1.807, 2.05) is 23.9 Å². The summed E-state index contributed by atoms with van der Waals surface area (Å²) in [5.41, 5.74) is 3.36. The summed E-state index contributed by atoms with van der Waals surface area (Å²) in [6.45, 7) is 0. The molecule has 76 valence electrons. The van der Waals surface area contributed by atoms with Crippen LogP contribution in [0.5, 0.6) is 0 Å². The Hall–Kier alpha value is -0.903. The van der Waals surface area contributed by atoms with Gasteiger partial charge in [-0.2, -0.15) is 0 Å². The monoisotopic (exact) mass is 208 g/mol. The van der Waals surface area contributed by atoms with Crippen LogP contribution in [0, 0.1) is 0 Å². The molecule has 0 bridgehead atoms. The quantitative estimate of drug-likeness (QED) is 0.687. The molecule has 0 aromatic heterocycles. The van der Waals surface area contributed by atoms with E-state index in [9.17, 15) is 0 Å². The van der Waals surface area contributed by atoms with Crippen molar-refractivity contribution in [2.45, 2.75) is 6.42 Å². The van der Waals surface area contributed by atoms with E-state index >= 15 is 0 Å². The number of hydrogen-bond donors (Lipinski definition) is 0. The smallest absolute Gasteiger partial charge is 0.347 e. The van der Waals surface area contributed by atoms with Crippen molar-refractivity contribution in [1.29, 1.82) is 0 Å². The van der Waals surface area contributed by atoms with Crippen LogP contribution in [0.1, 0.15) is 5.56 Å². The van der Waals surface area contributed by atoms with Crippen LogP contribution in [0.2, 0.25) is 0 Å². The molecule has 0 atom stereocenters. The normalized spacial score (nSPS) is 11.4. The van der Waals surface area contributed by atoms with Gasteiger partial charge in [-0.1, -0.05) is 36.4 Å². The molecular weight excluding hydrogens is 192 g/mol. The molecular formula is C11H16O2Si. The first-order chi connectivity index (χ1) is 6.86. The zero-order valence-electron chi connectivity index (χ0n) is 8.64. The topological polar surface area (TPSA) is 18.5 Å². The number of benzene rings is 1. The lowest BCUT2D eigenvalue weighted by molar-refractivity contribution is 0.290. The largest absolute Gasteiger partial charge is 0.397 e. The van der Waals surface area contributed by atoms with Gasteiger partial charge in [0.05, 0.1) is 0 Å². The Morgan fingerprint density at radius 3 is 2.36 bits per heavy atom. The van der Waals surface area contributed by atoms with Gasteiger partial charge in [-0.15, -0.1) is 0 Å². The molecule has 0 amide bonds.